The van der Waals surface area contributed by atoms with Gasteiger partial charge >= 0.3 is 0 Å². The van der Waals surface area contributed by atoms with Gasteiger partial charge in [-0.25, -0.2) is 0 Å². The van der Waals surface area contributed by atoms with E-state index in [1.54, 1.807) is 12.4 Å². The van der Waals surface area contributed by atoms with Crippen LogP contribution < -0.4 is 4.90 Å². The van der Waals surface area contributed by atoms with E-state index in [-0.39, 0.29) is 11.9 Å². The van der Waals surface area contributed by atoms with Gasteiger partial charge in [0.25, 0.3) is 0 Å². The van der Waals surface area contributed by atoms with Crippen molar-refractivity contribution in [2.45, 2.75) is 45.1 Å². The molecule has 110 valence electrons. The molecule has 0 aromatic carbocycles. The summed E-state index contributed by atoms with van der Waals surface area (Å²) < 4.78 is 0. The molecule has 2 aromatic heterocycles. The fourth-order valence-electron chi connectivity index (χ4n) is 2.72. The van der Waals surface area contributed by atoms with Gasteiger partial charge < -0.3 is 0 Å². The largest absolute Gasteiger partial charge is 0.284 e. The van der Waals surface area contributed by atoms with Crippen molar-refractivity contribution >= 4 is 22.4 Å². The predicted octanol–water partition coefficient (Wildman–Crippen LogP) is 3.29. The number of carbonyl (C=O) groups is 1. The summed E-state index contributed by atoms with van der Waals surface area (Å²) in [4.78, 5) is 18.2. The summed E-state index contributed by atoms with van der Waals surface area (Å²) in [6.07, 6.45) is 8.49. The molecule has 1 fully saturated rings. The molecule has 1 amide bonds. The Hall–Kier alpha value is -1.82. The highest BCUT2D eigenvalue weighted by molar-refractivity contribution is 7.18. The minimum atomic E-state index is 0.138. The molecule has 0 unspecified atom stereocenters. The molecular formula is C15H18N4OS. The second-order valence-corrected chi connectivity index (χ2v) is 6.14. The van der Waals surface area contributed by atoms with Crippen molar-refractivity contribution in [1.29, 1.82) is 0 Å². The van der Waals surface area contributed by atoms with E-state index in [0.29, 0.717) is 6.42 Å². The van der Waals surface area contributed by atoms with Gasteiger partial charge in [0.15, 0.2) is 0 Å². The molecule has 0 radical (unpaired) electrons. The number of hydrogen-bond donors (Lipinski definition) is 0. The standard InChI is InChI=1S/C15H18N4OS/c1-2-13(20)19(12-5-3-4-6-12)15-18-17-14(21-15)11-7-9-16-10-8-11/h7-10,12H,2-6H2,1H3. The molecule has 2 heterocycles. The Morgan fingerprint density at radius 1 is 1.29 bits per heavy atom. The topological polar surface area (TPSA) is 59.0 Å². The smallest absolute Gasteiger partial charge is 0.228 e. The first-order valence-corrected chi connectivity index (χ1v) is 8.17. The number of carbonyl (C=O) groups excluding carboxylic acids is 1. The van der Waals surface area contributed by atoms with Crippen LogP contribution in [0.2, 0.25) is 0 Å². The number of anilines is 1. The van der Waals surface area contributed by atoms with E-state index in [9.17, 15) is 4.79 Å². The summed E-state index contributed by atoms with van der Waals surface area (Å²) in [7, 11) is 0. The number of rotatable bonds is 4. The van der Waals surface area contributed by atoms with Crippen molar-refractivity contribution < 1.29 is 4.79 Å². The Kier molecular flexibility index (Phi) is 4.24. The first-order valence-electron chi connectivity index (χ1n) is 7.35. The van der Waals surface area contributed by atoms with Crippen molar-refractivity contribution in [2.24, 2.45) is 0 Å². The zero-order valence-corrected chi connectivity index (χ0v) is 12.8. The lowest BCUT2D eigenvalue weighted by atomic mass is 10.2. The average Bonchev–Trinajstić information content (AvgIpc) is 3.20. The molecule has 0 saturated heterocycles. The highest BCUT2D eigenvalue weighted by atomic mass is 32.1. The molecule has 2 aromatic rings. The minimum absolute atomic E-state index is 0.138. The van der Waals surface area contributed by atoms with Crippen LogP contribution in [0.5, 0.6) is 0 Å². The molecule has 1 saturated carbocycles. The Morgan fingerprint density at radius 2 is 2.00 bits per heavy atom. The maximum Gasteiger partial charge on any atom is 0.228 e. The molecule has 0 atom stereocenters. The van der Waals surface area contributed by atoms with Gasteiger partial charge in [-0.2, -0.15) is 0 Å². The van der Waals surface area contributed by atoms with E-state index in [1.807, 2.05) is 24.0 Å². The summed E-state index contributed by atoms with van der Waals surface area (Å²) in [5.74, 6) is 0.138. The zero-order chi connectivity index (χ0) is 14.7. The van der Waals surface area contributed by atoms with Crippen LogP contribution in [0.3, 0.4) is 0 Å². The second kappa shape index (κ2) is 6.30. The van der Waals surface area contributed by atoms with E-state index >= 15 is 0 Å². The molecule has 0 N–H and O–H groups in total. The monoisotopic (exact) mass is 302 g/mol. The van der Waals surface area contributed by atoms with E-state index < -0.39 is 0 Å². The molecule has 3 rings (SSSR count). The molecule has 1 aliphatic carbocycles. The lowest BCUT2D eigenvalue weighted by Crippen LogP contribution is -2.38. The van der Waals surface area contributed by atoms with Crippen LogP contribution in [0.15, 0.2) is 24.5 Å². The minimum Gasteiger partial charge on any atom is -0.284 e. The number of amides is 1. The molecule has 0 aliphatic heterocycles. The Labute approximate surface area is 128 Å². The zero-order valence-electron chi connectivity index (χ0n) is 12.0. The van der Waals surface area contributed by atoms with Gasteiger partial charge in [0.2, 0.25) is 11.0 Å². The third-order valence-corrected chi connectivity index (χ3v) is 4.78. The van der Waals surface area contributed by atoms with Crippen LogP contribution in [-0.2, 0) is 4.79 Å². The first-order chi connectivity index (χ1) is 10.3. The highest BCUT2D eigenvalue weighted by Gasteiger charge is 2.29. The normalized spacial score (nSPS) is 15.3. The molecule has 0 bridgehead atoms. The van der Waals surface area contributed by atoms with Crippen molar-refractivity contribution in [3.05, 3.63) is 24.5 Å². The van der Waals surface area contributed by atoms with Crippen LogP contribution in [-0.4, -0.2) is 27.1 Å². The summed E-state index contributed by atoms with van der Waals surface area (Å²) in [6, 6.07) is 4.10. The maximum absolute atomic E-state index is 12.3. The molecule has 0 spiro atoms. The van der Waals surface area contributed by atoms with Crippen molar-refractivity contribution in [3.63, 3.8) is 0 Å². The molecule has 5 nitrogen and oxygen atoms in total. The van der Waals surface area contributed by atoms with Crippen LogP contribution >= 0.6 is 11.3 Å². The quantitative estimate of drug-likeness (QED) is 0.869. The summed E-state index contributed by atoms with van der Waals surface area (Å²) >= 11 is 1.48. The lowest BCUT2D eigenvalue weighted by Gasteiger charge is -2.25. The van der Waals surface area contributed by atoms with E-state index in [1.165, 1.54) is 24.2 Å². The second-order valence-electron chi connectivity index (χ2n) is 5.18. The van der Waals surface area contributed by atoms with E-state index in [2.05, 4.69) is 15.2 Å². The van der Waals surface area contributed by atoms with Gasteiger partial charge in [0.05, 0.1) is 0 Å². The Morgan fingerprint density at radius 3 is 2.67 bits per heavy atom. The first kappa shape index (κ1) is 14.1. The van der Waals surface area contributed by atoms with E-state index in [4.69, 9.17) is 0 Å². The number of aromatic nitrogens is 3. The number of nitrogens with zero attached hydrogens (tertiary/aromatic N) is 4. The predicted molar refractivity (Wildman–Crippen MR) is 83.2 cm³/mol. The van der Waals surface area contributed by atoms with Gasteiger partial charge in [-0.3, -0.25) is 14.7 Å². The average molecular weight is 302 g/mol. The molecular weight excluding hydrogens is 284 g/mol. The SMILES string of the molecule is CCC(=O)N(c1nnc(-c2ccncc2)s1)C1CCCC1. The van der Waals surface area contributed by atoms with Gasteiger partial charge in [0.1, 0.15) is 5.01 Å². The van der Waals surface area contributed by atoms with E-state index in [0.717, 1.165) is 28.5 Å². The Bertz CT molecular complexity index is 607. The summed E-state index contributed by atoms with van der Waals surface area (Å²) in [6.45, 7) is 1.90. The highest BCUT2D eigenvalue weighted by Crippen LogP contribution is 2.33. The van der Waals surface area contributed by atoms with Crippen LogP contribution in [0.4, 0.5) is 5.13 Å². The third kappa shape index (κ3) is 2.95. The van der Waals surface area contributed by atoms with Crippen molar-refractivity contribution in [3.8, 4) is 10.6 Å². The fraction of sp³-hybridized carbons (Fsp3) is 0.467. The summed E-state index contributed by atoms with van der Waals surface area (Å²) in [5.41, 5.74) is 0.990. The number of pyridine rings is 1. The third-order valence-electron chi connectivity index (χ3n) is 3.81. The fourth-order valence-corrected chi connectivity index (χ4v) is 3.66. The van der Waals surface area contributed by atoms with Crippen molar-refractivity contribution in [1.82, 2.24) is 15.2 Å². The van der Waals surface area contributed by atoms with Gasteiger partial charge in [-0.1, -0.05) is 31.1 Å². The van der Waals surface area contributed by atoms with Gasteiger partial charge in [0, 0.05) is 30.4 Å². The lowest BCUT2D eigenvalue weighted by molar-refractivity contribution is -0.118. The molecule has 6 heteroatoms. The Balaban J connectivity index is 1.89. The molecule has 1 aliphatic rings. The van der Waals surface area contributed by atoms with Gasteiger partial charge in [-0.15, -0.1) is 10.2 Å². The van der Waals surface area contributed by atoms with Crippen LogP contribution in [0.1, 0.15) is 39.0 Å². The molecule has 21 heavy (non-hydrogen) atoms. The van der Waals surface area contributed by atoms with Crippen LogP contribution in [0, 0.1) is 0 Å². The van der Waals surface area contributed by atoms with Crippen LogP contribution in [0.25, 0.3) is 10.6 Å². The summed E-state index contributed by atoms with van der Waals surface area (Å²) in [5, 5.41) is 10.1. The van der Waals surface area contributed by atoms with Gasteiger partial charge in [-0.05, 0) is 25.0 Å². The maximum atomic E-state index is 12.3. The van der Waals surface area contributed by atoms with Crippen molar-refractivity contribution in [2.75, 3.05) is 4.90 Å². The number of hydrogen-bond acceptors (Lipinski definition) is 5.